The van der Waals surface area contributed by atoms with E-state index in [2.05, 4.69) is 0 Å². The van der Waals surface area contributed by atoms with Crippen LogP contribution in [-0.2, 0) is 4.79 Å². The van der Waals surface area contributed by atoms with Crippen molar-refractivity contribution in [1.82, 2.24) is 9.47 Å². The number of amides is 1. The summed E-state index contributed by atoms with van der Waals surface area (Å²) in [5.74, 6) is -0.625. The van der Waals surface area contributed by atoms with Crippen molar-refractivity contribution in [2.24, 2.45) is 0 Å². The zero-order valence-electron chi connectivity index (χ0n) is 12.1. The lowest BCUT2D eigenvalue weighted by molar-refractivity contribution is -0.130. The van der Waals surface area contributed by atoms with Gasteiger partial charge in [0.05, 0.1) is 5.52 Å². The number of halogens is 2. The molecule has 0 unspecified atom stereocenters. The SMILES string of the molecule is Cc1ccc2c(c1)oc(=O)n2C1CCN(C(=O)C(Cl)Cl)CC1. The summed E-state index contributed by atoms with van der Waals surface area (Å²) in [6.45, 7) is 3.02. The summed E-state index contributed by atoms with van der Waals surface area (Å²) in [6, 6.07) is 5.74. The number of likely N-dealkylation sites (tertiary alicyclic amines) is 1. The molecule has 1 aliphatic heterocycles. The first-order chi connectivity index (χ1) is 10.5. The van der Waals surface area contributed by atoms with Crippen LogP contribution in [0.15, 0.2) is 27.4 Å². The van der Waals surface area contributed by atoms with Gasteiger partial charge in [0.2, 0.25) is 0 Å². The molecule has 1 amide bonds. The zero-order chi connectivity index (χ0) is 15.9. The Morgan fingerprint density at radius 3 is 2.64 bits per heavy atom. The molecule has 0 atom stereocenters. The highest BCUT2D eigenvalue weighted by Gasteiger charge is 2.28. The number of aryl methyl sites for hydroxylation is 1. The molecule has 22 heavy (non-hydrogen) atoms. The Morgan fingerprint density at radius 2 is 2.00 bits per heavy atom. The molecule has 0 spiro atoms. The van der Waals surface area contributed by atoms with Crippen molar-refractivity contribution in [2.75, 3.05) is 13.1 Å². The number of hydrogen-bond donors (Lipinski definition) is 0. The van der Waals surface area contributed by atoms with Gasteiger partial charge in [-0.05, 0) is 37.5 Å². The number of oxazole rings is 1. The molecule has 0 bridgehead atoms. The summed E-state index contributed by atoms with van der Waals surface area (Å²) in [5, 5.41) is 0. The molecule has 1 saturated heterocycles. The Morgan fingerprint density at radius 1 is 1.32 bits per heavy atom. The van der Waals surface area contributed by atoms with Crippen molar-refractivity contribution in [1.29, 1.82) is 0 Å². The third-order valence-electron chi connectivity index (χ3n) is 4.10. The van der Waals surface area contributed by atoms with E-state index < -0.39 is 4.84 Å². The average molecular weight is 343 g/mol. The predicted octanol–water partition coefficient (Wildman–Crippen LogP) is 2.87. The van der Waals surface area contributed by atoms with E-state index in [0.717, 1.165) is 11.1 Å². The Bertz CT molecular complexity index is 758. The molecular formula is C15H16Cl2N2O3. The number of benzene rings is 1. The molecule has 1 aromatic heterocycles. The first-order valence-corrected chi connectivity index (χ1v) is 8.03. The number of piperidine rings is 1. The summed E-state index contributed by atoms with van der Waals surface area (Å²) in [6.07, 6.45) is 1.35. The standard InChI is InChI=1S/C15H16Cl2N2O3/c1-9-2-3-11-12(8-9)22-15(21)19(11)10-4-6-18(7-5-10)14(20)13(16)17/h2-3,8,10,13H,4-7H2,1H3. The normalized spacial score (nSPS) is 16.6. The number of alkyl halides is 2. The summed E-state index contributed by atoms with van der Waals surface area (Å²) in [4.78, 5) is 24.5. The van der Waals surface area contributed by atoms with Crippen LogP contribution in [0.5, 0.6) is 0 Å². The van der Waals surface area contributed by atoms with Gasteiger partial charge in [-0.3, -0.25) is 9.36 Å². The Kier molecular flexibility index (Phi) is 4.19. The van der Waals surface area contributed by atoms with Crippen molar-refractivity contribution < 1.29 is 9.21 Å². The third-order valence-corrected chi connectivity index (χ3v) is 4.47. The summed E-state index contributed by atoms with van der Waals surface area (Å²) in [7, 11) is 0. The van der Waals surface area contributed by atoms with Gasteiger partial charge in [-0.1, -0.05) is 29.3 Å². The van der Waals surface area contributed by atoms with E-state index in [1.807, 2.05) is 25.1 Å². The second-order valence-corrected chi connectivity index (χ2v) is 6.66. The van der Waals surface area contributed by atoms with Crippen LogP contribution >= 0.6 is 23.2 Å². The van der Waals surface area contributed by atoms with E-state index in [1.54, 1.807) is 9.47 Å². The second kappa shape index (κ2) is 5.97. The number of fused-ring (bicyclic) bond motifs is 1. The fourth-order valence-electron chi connectivity index (χ4n) is 2.97. The topological polar surface area (TPSA) is 55.5 Å². The number of nitrogens with zero attached hydrogens (tertiary/aromatic N) is 2. The fourth-order valence-corrected chi connectivity index (χ4v) is 3.25. The average Bonchev–Trinajstić information content (AvgIpc) is 2.81. The van der Waals surface area contributed by atoms with Crippen LogP contribution in [0.25, 0.3) is 11.1 Å². The Labute approximate surface area is 137 Å². The van der Waals surface area contributed by atoms with E-state index in [4.69, 9.17) is 27.6 Å². The van der Waals surface area contributed by atoms with Crippen LogP contribution < -0.4 is 5.76 Å². The number of carbonyl (C=O) groups excluding carboxylic acids is 1. The number of hydrogen-bond acceptors (Lipinski definition) is 3. The molecule has 1 aromatic carbocycles. The lowest BCUT2D eigenvalue weighted by Crippen LogP contribution is -2.42. The molecule has 3 rings (SSSR count). The minimum absolute atomic E-state index is 0.0182. The molecule has 2 heterocycles. The maximum atomic E-state index is 12.1. The number of aromatic nitrogens is 1. The van der Waals surface area contributed by atoms with Crippen LogP contribution in [-0.4, -0.2) is 33.3 Å². The molecule has 2 aromatic rings. The van der Waals surface area contributed by atoms with Gasteiger partial charge in [0, 0.05) is 19.1 Å². The second-order valence-electron chi connectivity index (χ2n) is 5.57. The lowest BCUT2D eigenvalue weighted by Gasteiger charge is -2.32. The van der Waals surface area contributed by atoms with Crippen LogP contribution in [0.1, 0.15) is 24.4 Å². The van der Waals surface area contributed by atoms with Crippen molar-refractivity contribution in [2.45, 2.75) is 30.6 Å². The van der Waals surface area contributed by atoms with E-state index in [0.29, 0.717) is 31.5 Å². The molecule has 7 heteroatoms. The van der Waals surface area contributed by atoms with E-state index in [1.165, 1.54) is 0 Å². The van der Waals surface area contributed by atoms with Gasteiger partial charge < -0.3 is 9.32 Å². The summed E-state index contributed by atoms with van der Waals surface area (Å²) < 4.78 is 7.02. The summed E-state index contributed by atoms with van der Waals surface area (Å²) in [5.41, 5.74) is 2.45. The molecule has 1 aliphatic rings. The number of rotatable bonds is 2. The van der Waals surface area contributed by atoms with Crippen molar-refractivity contribution in [3.63, 3.8) is 0 Å². The van der Waals surface area contributed by atoms with Gasteiger partial charge >= 0.3 is 5.76 Å². The fraction of sp³-hybridized carbons (Fsp3) is 0.467. The highest BCUT2D eigenvalue weighted by molar-refractivity contribution is 6.53. The minimum atomic E-state index is -1.03. The molecule has 0 radical (unpaired) electrons. The quantitative estimate of drug-likeness (QED) is 0.788. The third kappa shape index (κ3) is 2.75. The van der Waals surface area contributed by atoms with Gasteiger partial charge in [0.25, 0.3) is 5.91 Å². The van der Waals surface area contributed by atoms with Gasteiger partial charge in [-0.2, -0.15) is 0 Å². The molecule has 1 fully saturated rings. The first kappa shape index (κ1) is 15.4. The largest absolute Gasteiger partial charge is 0.420 e. The van der Waals surface area contributed by atoms with Gasteiger partial charge in [-0.15, -0.1) is 0 Å². The Hall–Kier alpha value is -1.46. The van der Waals surface area contributed by atoms with E-state index >= 15 is 0 Å². The summed E-state index contributed by atoms with van der Waals surface area (Å²) >= 11 is 11.2. The number of carbonyl (C=O) groups is 1. The van der Waals surface area contributed by atoms with Gasteiger partial charge in [0.1, 0.15) is 0 Å². The smallest absolute Gasteiger partial charge is 0.408 e. The van der Waals surface area contributed by atoms with Gasteiger partial charge in [-0.25, -0.2) is 4.79 Å². The first-order valence-electron chi connectivity index (χ1n) is 7.16. The van der Waals surface area contributed by atoms with Crippen LogP contribution in [0.3, 0.4) is 0 Å². The maximum absolute atomic E-state index is 12.1. The van der Waals surface area contributed by atoms with Crippen LogP contribution in [0, 0.1) is 6.92 Å². The highest BCUT2D eigenvalue weighted by atomic mass is 35.5. The van der Waals surface area contributed by atoms with Gasteiger partial charge in [0.15, 0.2) is 10.4 Å². The van der Waals surface area contributed by atoms with E-state index in [-0.39, 0.29) is 17.7 Å². The van der Waals surface area contributed by atoms with Crippen LogP contribution in [0.2, 0.25) is 0 Å². The molecule has 5 nitrogen and oxygen atoms in total. The molecule has 0 saturated carbocycles. The minimum Gasteiger partial charge on any atom is -0.408 e. The lowest BCUT2D eigenvalue weighted by atomic mass is 10.0. The Balaban J connectivity index is 1.84. The molecule has 0 aliphatic carbocycles. The molecular weight excluding hydrogens is 327 g/mol. The van der Waals surface area contributed by atoms with Crippen LogP contribution in [0.4, 0.5) is 0 Å². The maximum Gasteiger partial charge on any atom is 0.420 e. The predicted molar refractivity (Wildman–Crippen MR) is 85.6 cm³/mol. The van der Waals surface area contributed by atoms with Crippen molar-refractivity contribution in [3.8, 4) is 0 Å². The zero-order valence-corrected chi connectivity index (χ0v) is 13.6. The van der Waals surface area contributed by atoms with Crippen molar-refractivity contribution >= 4 is 40.2 Å². The highest BCUT2D eigenvalue weighted by Crippen LogP contribution is 2.27. The monoisotopic (exact) mass is 342 g/mol. The van der Waals surface area contributed by atoms with E-state index in [9.17, 15) is 9.59 Å². The molecule has 0 N–H and O–H groups in total. The van der Waals surface area contributed by atoms with Crippen molar-refractivity contribution in [3.05, 3.63) is 34.3 Å². The molecule has 118 valence electrons.